The Morgan fingerprint density at radius 3 is 2.30 bits per heavy atom. The second-order valence-electron chi connectivity index (χ2n) is 5.92. The van der Waals surface area contributed by atoms with E-state index in [9.17, 15) is 4.79 Å². The lowest BCUT2D eigenvalue weighted by atomic mass is 10.1. The summed E-state index contributed by atoms with van der Waals surface area (Å²) >= 11 is 0. The zero-order valence-electron chi connectivity index (χ0n) is 12.4. The number of amides is 1. The van der Waals surface area contributed by atoms with Crippen molar-refractivity contribution in [2.24, 2.45) is 16.8 Å². The second-order valence-corrected chi connectivity index (χ2v) is 5.92. The molecule has 114 valence electrons. The number of rotatable bonds is 4. The zero-order chi connectivity index (χ0) is 14.2. The lowest BCUT2D eigenvalue weighted by Crippen LogP contribution is -2.36. The average Bonchev–Trinajstić information content (AvgIpc) is 2.91. The van der Waals surface area contributed by atoms with Crippen molar-refractivity contribution in [3.8, 4) is 0 Å². The molecule has 2 aliphatic rings. The summed E-state index contributed by atoms with van der Waals surface area (Å²) in [6.07, 6.45) is 10.5. The fourth-order valence-corrected chi connectivity index (χ4v) is 3.05. The third kappa shape index (κ3) is 4.69. The van der Waals surface area contributed by atoms with E-state index in [-0.39, 0.29) is 12.5 Å². The van der Waals surface area contributed by atoms with Gasteiger partial charge >= 0.3 is 0 Å². The summed E-state index contributed by atoms with van der Waals surface area (Å²) in [5.74, 6) is 0.949. The van der Waals surface area contributed by atoms with E-state index in [1.165, 1.54) is 32.1 Å². The monoisotopic (exact) mass is 281 g/mol. The number of amidine groups is 1. The highest BCUT2D eigenvalue weighted by atomic mass is 16.6. The first-order valence-electron chi connectivity index (χ1n) is 8.00. The number of nitrogens with two attached hydrogens (primary N) is 1. The molecule has 2 fully saturated rings. The standard InChI is InChI=1S/C15H27N3O2/c16-15(13-8-4-5-9-13)17-20-12-14(19)18-10-6-2-1-3-7-11-18/h13H,1-12H2,(H2,16,17). The number of carbonyl (C=O) groups excluding carboxylic acids is 1. The minimum absolute atomic E-state index is 0.0212. The fraction of sp³-hybridized carbons (Fsp3) is 0.867. The van der Waals surface area contributed by atoms with Crippen LogP contribution >= 0.6 is 0 Å². The van der Waals surface area contributed by atoms with Gasteiger partial charge < -0.3 is 15.5 Å². The highest BCUT2D eigenvalue weighted by Crippen LogP contribution is 2.24. The Kier molecular flexibility index (Phi) is 6.15. The van der Waals surface area contributed by atoms with Gasteiger partial charge in [-0.15, -0.1) is 0 Å². The predicted molar refractivity (Wildman–Crippen MR) is 79.2 cm³/mol. The summed E-state index contributed by atoms with van der Waals surface area (Å²) < 4.78 is 0. The van der Waals surface area contributed by atoms with Crippen LogP contribution in [0.25, 0.3) is 0 Å². The Labute approximate surface area is 121 Å². The molecule has 5 nitrogen and oxygen atoms in total. The molecule has 1 saturated heterocycles. The SMILES string of the molecule is N/C(=N/OCC(=O)N1CCCCCCC1)C1CCCC1. The molecule has 0 aromatic rings. The zero-order valence-corrected chi connectivity index (χ0v) is 12.4. The lowest BCUT2D eigenvalue weighted by molar-refractivity contribution is -0.136. The molecular formula is C15H27N3O2. The lowest BCUT2D eigenvalue weighted by Gasteiger charge is -2.24. The van der Waals surface area contributed by atoms with Gasteiger partial charge in [0.1, 0.15) is 5.84 Å². The van der Waals surface area contributed by atoms with Crippen LogP contribution < -0.4 is 5.73 Å². The first kappa shape index (κ1) is 15.1. The number of oxime groups is 1. The van der Waals surface area contributed by atoms with Crippen LogP contribution in [0.1, 0.15) is 57.8 Å². The minimum atomic E-state index is 0.0212. The third-order valence-corrected chi connectivity index (χ3v) is 4.34. The topological polar surface area (TPSA) is 67.9 Å². The van der Waals surface area contributed by atoms with Gasteiger partial charge in [0, 0.05) is 19.0 Å². The van der Waals surface area contributed by atoms with Crippen LogP contribution in [0.15, 0.2) is 5.16 Å². The van der Waals surface area contributed by atoms with E-state index in [0.717, 1.165) is 38.8 Å². The normalized spacial score (nSPS) is 22.4. The van der Waals surface area contributed by atoms with Crippen molar-refractivity contribution >= 4 is 11.7 Å². The maximum atomic E-state index is 12.1. The summed E-state index contributed by atoms with van der Waals surface area (Å²) in [5.41, 5.74) is 5.89. The highest BCUT2D eigenvalue weighted by Gasteiger charge is 2.19. The summed E-state index contributed by atoms with van der Waals surface area (Å²) in [6.45, 7) is 1.72. The van der Waals surface area contributed by atoms with Crippen molar-refractivity contribution in [2.45, 2.75) is 57.8 Å². The predicted octanol–water partition coefficient (Wildman–Crippen LogP) is 2.26. The molecule has 1 heterocycles. The quantitative estimate of drug-likeness (QED) is 0.488. The maximum absolute atomic E-state index is 12.1. The molecule has 0 unspecified atom stereocenters. The molecule has 1 saturated carbocycles. The molecule has 0 atom stereocenters. The first-order chi connectivity index (χ1) is 9.77. The molecule has 20 heavy (non-hydrogen) atoms. The van der Waals surface area contributed by atoms with Gasteiger partial charge in [-0.1, -0.05) is 37.3 Å². The largest absolute Gasteiger partial charge is 0.384 e. The van der Waals surface area contributed by atoms with Crippen molar-refractivity contribution in [3.05, 3.63) is 0 Å². The summed E-state index contributed by atoms with van der Waals surface area (Å²) in [6, 6.07) is 0. The van der Waals surface area contributed by atoms with Crippen molar-refractivity contribution < 1.29 is 9.63 Å². The summed E-state index contributed by atoms with van der Waals surface area (Å²) in [5, 5.41) is 3.93. The van der Waals surface area contributed by atoms with E-state index in [4.69, 9.17) is 10.6 Å². The Balaban J connectivity index is 1.71. The average molecular weight is 281 g/mol. The van der Waals surface area contributed by atoms with Gasteiger partial charge in [0.25, 0.3) is 5.91 Å². The van der Waals surface area contributed by atoms with Crippen molar-refractivity contribution in [3.63, 3.8) is 0 Å². The molecule has 0 radical (unpaired) electrons. The van der Waals surface area contributed by atoms with Crippen LogP contribution in [0.3, 0.4) is 0 Å². The Morgan fingerprint density at radius 2 is 1.65 bits per heavy atom. The Bertz CT molecular complexity index is 330. The third-order valence-electron chi connectivity index (χ3n) is 4.34. The van der Waals surface area contributed by atoms with E-state index >= 15 is 0 Å². The molecule has 1 amide bonds. The van der Waals surface area contributed by atoms with Gasteiger partial charge in [-0.3, -0.25) is 4.79 Å². The summed E-state index contributed by atoms with van der Waals surface area (Å²) in [7, 11) is 0. The number of hydrogen-bond donors (Lipinski definition) is 1. The van der Waals surface area contributed by atoms with Gasteiger partial charge in [-0.2, -0.15) is 0 Å². The molecule has 0 aromatic carbocycles. The van der Waals surface area contributed by atoms with E-state index in [1.54, 1.807) is 0 Å². The molecule has 1 aliphatic carbocycles. The van der Waals surface area contributed by atoms with Crippen LogP contribution in [-0.2, 0) is 9.63 Å². The molecule has 0 aromatic heterocycles. The van der Waals surface area contributed by atoms with E-state index in [1.807, 2.05) is 4.90 Å². The van der Waals surface area contributed by atoms with Gasteiger partial charge in [0.05, 0.1) is 0 Å². The molecule has 2 N–H and O–H groups in total. The fourth-order valence-electron chi connectivity index (χ4n) is 3.05. The smallest absolute Gasteiger partial charge is 0.263 e. The summed E-state index contributed by atoms with van der Waals surface area (Å²) in [4.78, 5) is 19.1. The van der Waals surface area contributed by atoms with Crippen LogP contribution in [0, 0.1) is 5.92 Å². The van der Waals surface area contributed by atoms with E-state index < -0.39 is 0 Å². The van der Waals surface area contributed by atoms with E-state index in [2.05, 4.69) is 5.16 Å². The van der Waals surface area contributed by atoms with Crippen LogP contribution in [-0.4, -0.2) is 36.3 Å². The van der Waals surface area contributed by atoms with E-state index in [0.29, 0.717) is 11.8 Å². The molecule has 0 spiro atoms. The molecule has 0 bridgehead atoms. The van der Waals surface area contributed by atoms with Gasteiger partial charge in [0.15, 0.2) is 6.61 Å². The minimum Gasteiger partial charge on any atom is -0.384 e. The second kappa shape index (κ2) is 8.12. The maximum Gasteiger partial charge on any atom is 0.263 e. The van der Waals surface area contributed by atoms with Crippen molar-refractivity contribution in [1.82, 2.24) is 4.90 Å². The Morgan fingerprint density at radius 1 is 1.05 bits per heavy atom. The van der Waals surface area contributed by atoms with Gasteiger partial charge in [-0.25, -0.2) is 0 Å². The van der Waals surface area contributed by atoms with Crippen LogP contribution in [0.2, 0.25) is 0 Å². The molecule has 2 rings (SSSR count). The van der Waals surface area contributed by atoms with Gasteiger partial charge in [0.2, 0.25) is 0 Å². The van der Waals surface area contributed by atoms with Crippen molar-refractivity contribution in [1.29, 1.82) is 0 Å². The Hall–Kier alpha value is -1.26. The number of hydrogen-bond acceptors (Lipinski definition) is 3. The number of carbonyl (C=O) groups is 1. The van der Waals surface area contributed by atoms with Crippen LogP contribution in [0.4, 0.5) is 0 Å². The van der Waals surface area contributed by atoms with Gasteiger partial charge in [-0.05, 0) is 25.7 Å². The van der Waals surface area contributed by atoms with Crippen LogP contribution in [0.5, 0.6) is 0 Å². The number of nitrogens with zero attached hydrogens (tertiary/aromatic N) is 2. The first-order valence-corrected chi connectivity index (χ1v) is 8.00. The number of likely N-dealkylation sites (tertiary alicyclic amines) is 1. The van der Waals surface area contributed by atoms with Crippen molar-refractivity contribution in [2.75, 3.05) is 19.7 Å². The highest BCUT2D eigenvalue weighted by molar-refractivity contribution is 5.82. The molecule has 5 heteroatoms. The molecule has 1 aliphatic heterocycles. The molecular weight excluding hydrogens is 254 g/mol.